The minimum absolute atomic E-state index is 0.0968. The number of thiophene rings is 1. The van der Waals surface area contributed by atoms with Gasteiger partial charge in [0.05, 0.1) is 16.0 Å². The zero-order chi connectivity index (χ0) is 19.7. The number of carboxylic acid groups (broad SMARTS) is 1. The second-order valence-corrected chi connectivity index (χ2v) is 9.01. The van der Waals surface area contributed by atoms with Crippen LogP contribution in [-0.4, -0.2) is 26.8 Å². The average Bonchev–Trinajstić information content (AvgIpc) is 3.05. The Morgan fingerprint density at radius 1 is 1.29 bits per heavy atom. The second-order valence-electron chi connectivity index (χ2n) is 6.91. The SMILES string of the molecule is Cc1ccc(/C=C(\SCC(=O)O)c2nc3sc4c(c3c(=O)[nH]2)CCCC4)cc1. The summed E-state index contributed by atoms with van der Waals surface area (Å²) in [6.07, 6.45) is 6.07. The standard InChI is InChI=1S/C21H20N2O3S2/c1-12-6-8-13(9-7-12)10-16(27-11-17(24)25)19-22-20(26)18-14-4-2-3-5-15(14)28-21(18)23-19/h6-10H,2-5,11H2,1H3,(H,24,25)(H,22,23,26)/b16-10-. The fourth-order valence-electron chi connectivity index (χ4n) is 3.41. The predicted octanol–water partition coefficient (Wildman–Crippen LogP) is 4.49. The summed E-state index contributed by atoms with van der Waals surface area (Å²) in [4.78, 5) is 34.2. The third-order valence-corrected chi connectivity index (χ3v) is 6.98. The summed E-state index contributed by atoms with van der Waals surface area (Å²) in [5, 5.41) is 9.82. The van der Waals surface area contributed by atoms with Gasteiger partial charge in [0.1, 0.15) is 10.7 Å². The van der Waals surface area contributed by atoms with Gasteiger partial charge >= 0.3 is 5.97 Å². The number of fused-ring (bicyclic) bond motifs is 3. The zero-order valence-corrected chi connectivity index (χ0v) is 17.1. The molecule has 28 heavy (non-hydrogen) atoms. The quantitative estimate of drug-likeness (QED) is 0.645. The van der Waals surface area contributed by atoms with Crippen molar-refractivity contribution in [2.75, 3.05) is 5.75 Å². The van der Waals surface area contributed by atoms with E-state index < -0.39 is 5.97 Å². The van der Waals surface area contributed by atoms with E-state index in [2.05, 4.69) is 4.98 Å². The smallest absolute Gasteiger partial charge is 0.313 e. The fraction of sp³-hybridized carbons (Fsp3) is 0.286. The van der Waals surface area contributed by atoms with E-state index in [9.17, 15) is 9.59 Å². The lowest BCUT2D eigenvalue weighted by Gasteiger charge is -2.10. The maximum absolute atomic E-state index is 12.8. The number of benzene rings is 1. The van der Waals surface area contributed by atoms with Crippen molar-refractivity contribution in [3.05, 3.63) is 62.0 Å². The molecule has 1 aliphatic rings. The Hall–Kier alpha value is -2.38. The van der Waals surface area contributed by atoms with Crippen molar-refractivity contribution in [1.82, 2.24) is 9.97 Å². The van der Waals surface area contributed by atoms with Crippen LogP contribution in [0.25, 0.3) is 21.2 Å². The van der Waals surface area contributed by atoms with Gasteiger partial charge in [0.2, 0.25) is 0 Å². The fourth-order valence-corrected chi connectivity index (χ4v) is 5.41. The molecule has 4 rings (SSSR count). The van der Waals surface area contributed by atoms with Crippen molar-refractivity contribution < 1.29 is 9.90 Å². The van der Waals surface area contributed by atoms with Gasteiger partial charge in [0, 0.05) is 4.88 Å². The van der Waals surface area contributed by atoms with Crippen molar-refractivity contribution >= 4 is 50.3 Å². The average molecular weight is 413 g/mol. The Labute approximate surface area is 170 Å². The molecule has 0 fully saturated rings. The first-order valence-electron chi connectivity index (χ1n) is 9.19. The summed E-state index contributed by atoms with van der Waals surface area (Å²) in [6.45, 7) is 2.01. The first kappa shape index (κ1) is 19.0. The molecule has 0 unspecified atom stereocenters. The molecule has 144 valence electrons. The number of thioether (sulfide) groups is 1. The Morgan fingerprint density at radius 2 is 2.04 bits per heavy atom. The van der Waals surface area contributed by atoms with E-state index in [0.717, 1.165) is 47.2 Å². The normalized spacial score (nSPS) is 14.2. The highest BCUT2D eigenvalue weighted by molar-refractivity contribution is 8.09. The number of H-pyrrole nitrogens is 1. The molecule has 0 amide bonds. The van der Waals surface area contributed by atoms with E-state index in [0.29, 0.717) is 16.1 Å². The largest absolute Gasteiger partial charge is 0.481 e. The van der Waals surface area contributed by atoms with E-state index in [4.69, 9.17) is 10.1 Å². The van der Waals surface area contributed by atoms with Gasteiger partial charge in [-0.3, -0.25) is 9.59 Å². The number of aryl methyl sites for hydroxylation is 3. The monoisotopic (exact) mass is 412 g/mol. The topological polar surface area (TPSA) is 83.0 Å². The lowest BCUT2D eigenvalue weighted by Crippen LogP contribution is -2.12. The van der Waals surface area contributed by atoms with Crippen LogP contribution < -0.4 is 5.56 Å². The number of rotatable bonds is 5. The van der Waals surface area contributed by atoms with Crippen LogP contribution in [0, 0.1) is 6.92 Å². The minimum Gasteiger partial charge on any atom is -0.481 e. The third-order valence-electron chi connectivity index (χ3n) is 4.78. The van der Waals surface area contributed by atoms with Crippen LogP contribution >= 0.6 is 23.1 Å². The maximum atomic E-state index is 12.8. The third kappa shape index (κ3) is 3.91. The molecule has 7 heteroatoms. The lowest BCUT2D eigenvalue weighted by atomic mass is 9.97. The Kier molecular flexibility index (Phi) is 5.37. The summed E-state index contributed by atoms with van der Waals surface area (Å²) in [6, 6.07) is 7.93. The number of hydrogen-bond donors (Lipinski definition) is 2. The van der Waals surface area contributed by atoms with Crippen LogP contribution in [0.4, 0.5) is 0 Å². The van der Waals surface area contributed by atoms with Gasteiger partial charge in [-0.25, -0.2) is 4.98 Å². The number of carboxylic acids is 1. The van der Waals surface area contributed by atoms with Crippen LogP contribution in [0.15, 0.2) is 29.1 Å². The summed E-state index contributed by atoms with van der Waals surface area (Å²) in [5.74, 6) is -0.571. The molecule has 3 aromatic rings. The maximum Gasteiger partial charge on any atom is 0.313 e. The summed E-state index contributed by atoms with van der Waals surface area (Å²) < 4.78 is 0. The molecule has 2 heterocycles. The van der Waals surface area contributed by atoms with Gasteiger partial charge in [-0.05, 0) is 49.8 Å². The van der Waals surface area contributed by atoms with Crippen LogP contribution in [0.3, 0.4) is 0 Å². The molecule has 0 spiro atoms. The van der Waals surface area contributed by atoms with Crippen molar-refractivity contribution in [3.63, 3.8) is 0 Å². The van der Waals surface area contributed by atoms with Gasteiger partial charge in [-0.1, -0.05) is 29.8 Å². The van der Waals surface area contributed by atoms with Gasteiger partial charge in [-0.15, -0.1) is 23.1 Å². The van der Waals surface area contributed by atoms with Crippen molar-refractivity contribution in [2.45, 2.75) is 32.6 Å². The van der Waals surface area contributed by atoms with Gasteiger partial charge in [0.25, 0.3) is 5.56 Å². The van der Waals surface area contributed by atoms with Crippen LogP contribution in [0.5, 0.6) is 0 Å². The summed E-state index contributed by atoms with van der Waals surface area (Å²) in [7, 11) is 0. The molecule has 0 bridgehead atoms. The molecule has 1 aliphatic carbocycles. The molecule has 0 saturated carbocycles. The molecule has 1 aromatic carbocycles. The molecule has 0 aliphatic heterocycles. The van der Waals surface area contributed by atoms with Crippen molar-refractivity contribution in [3.8, 4) is 0 Å². The predicted molar refractivity (Wildman–Crippen MR) is 116 cm³/mol. The minimum atomic E-state index is -0.908. The molecule has 0 saturated heterocycles. The molecule has 2 N–H and O–H groups in total. The van der Waals surface area contributed by atoms with Crippen molar-refractivity contribution in [2.24, 2.45) is 0 Å². The van der Waals surface area contributed by atoms with E-state index in [-0.39, 0.29) is 11.3 Å². The number of aliphatic carboxylic acids is 1. The van der Waals surface area contributed by atoms with Gasteiger partial charge in [0.15, 0.2) is 0 Å². The van der Waals surface area contributed by atoms with Gasteiger partial charge < -0.3 is 10.1 Å². The van der Waals surface area contributed by atoms with Crippen LogP contribution in [0.1, 0.15) is 40.2 Å². The van der Waals surface area contributed by atoms with Gasteiger partial charge in [-0.2, -0.15) is 0 Å². The molecular formula is C21H20N2O3S2. The highest BCUT2D eigenvalue weighted by Crippen LogP contribution is 2.35. The first-order chi connectivity index (χ1) is 13.5. The molecular weight excluding hydrogens is 392 g/mol. The number of nitrogens with one attached hydrogen (secondary N) is 1. The Bertz CT molecular complexity index is 1130. The second kappa shape index (κ2) is 7.93. The number of aromatic amines is 1. The highest BCUT2D eigenvalue weighted by atomic mass is 32.2. The van der Waals surface area contributed by atoms with E-state index in [1.165, 1.54) is 16.6 Å². The molecule has 2 aromatic heterocycles. The summed E-state index contributed by atoms with van der Waals surface area (Å²) in [5.41, 5.74) is 3.10. The lowest BCUT2D eigenvalue weighted by molar-refractivity contribution is -0.133. The molecule has 5 nitrogen and oxygen atoms in total. The summed E-state index contributed by atoms with van der Waals surface area (Å²) >= 11 is 2.76. The number of carbonyl (C=O) groups is 1. The Balaban J connectivity index is 1.81. The first-order valence-corrected chi connectivity index (χ1v) is 11.0. The zero-order valence-electron chi connectivity index (χ0n) is 15.4. The number of aromatic nitrogens is 2. The van der Waals surface area contributed by atoms with Crippen LogP contribution in [-0.2, 0) is 17.6 Å². The molecule has 0 atom stereocenters. The number of hydrogen-bond acceptors (Lipinski definition) is 5. The molecule has 0 radical (unpaired) electrons. The van der Waals surface area contributed by atoms with E-state index >= 15 is 0 Å². The Morgan fingerprint density at radius 3 is 2.79 bits per heavy atom. The van der Waals surface area contributed by atoms with E-state index in [1.54, 1.807) is 11.3 Å². The highest BCUT2D eigenvalue weighted by Gasteiger charge is 2.20. The van der Waals surface area contributed by atoms with Crippen LogP contribution in [0.2, 0.25) is 0 Å². The number of nitrogens with zero attached hydrogens (tertiary/aromatic N) is 1. The van der Waals surface area contributed by atoms with Crippen molar-refractivity contribution in [1.29, 1.82) is 0 Å². The van der Waals surface area contributed by atoms with E-state index in [1.807, 2.05) is 37.3 Å².